The summed E-state index contributed by atoms with van der Waals surface area (Å²) < 4.78 is 5.52. The molecule has 4 rings (SSSR count). The molecule has 3 aromatic rings. The van der Waals surface area contributed by atoms with Crippen LogP contribution in [0.25, 0.3) is 0 Å². The largest absolute Gasteiger partial charge is 0.378 e. The average Bonchev–Trinajstić information content (AvgIpc) is 3.35. The van der Waals surface area contributed by atoms with E-state index in [2.05, 4.69) is 10.5 Å². The summed E-state index contributed by atoms with van der Waals surface area (Å²) in [6.07, 6.45) is 2.96. The average molecular weight is 458 g/mol. The molecule has 1 aliphatic heterocycles. The van der Waals surface area contributed by atoms with Crippen LogP contribution in [-0.4, -0.2) is 42.5 Å². The SMILES string of the molecule is CN(C)c1ccc(CC(=O)N2CCCCC2c2cc(C(=O)Nc3cccc(C#N)c3)no2)cc1. The maximum absolute atomic E-state index is 13.2. The van der Waals surface area contributed by atoms with Gasteiger partial charge in [-0.15, -0.1) is 0 Å². The van der Waals surface area contributed by atoms with Gasteiger partial charge in [0.15, 0.2) is 11.5 Å². The highest BCUT2D eigenvalue weighted by Gasteiger charge is 2.31. The van der Waals surface area contributed by atoms with Gasteiger partial charge < -0.3 is 19.6 Å². The van der Waals surface area contributed by atoms with Crippen LogP contribution in [0.1, 0.15) is 52.7 Å². The molecule has 8 nitrogen and oxygen atoms in total. The third-order valence-electron chi connectivity index (χ3n) is 5.97. The van der Waals surface area contributed by atoms with Crippen molar-refractivity contribution in [3.63, 3.8) is 0 Å². The number of benzene rings is 2. The lowest BCUT2D eigenvalue weighted by Gasteiger charge is -2.34. The molecule has 0 bridgehead atoms. The number of carbonyl (C=O) groups excluding carboxylic acids is 2. The molecule has 0 saturated carbocycles. The Hall–Kier alpha value is -4.12. The van der Waals surface area contributed by atoms with Crippen molar-refractivity contribution in [1.29, 1.82) is 5.26 Å². The van der Waals surface area contributed by atoms with Crippen LogP contribution >= 0.6 is 0 Å². The predicted molar refractivity (Wildman–Crippen MR) is 128 cm³/mol. The molecule has 34 heavy (non-hydrogen) atoms. The number of anilines is 2. The van der Waals surface area contributed by atoms with Gasteiger partial charge in [0.1, 0.15) is 0 Å². The Morgan fingerprint density at radius 3 is 2.71 bits per heavy atom. The molecule has 0 spiro atoms. The van der Waals surface area contributed by atoms with Gasteiger partial charge in [0.05, 0.1) is 24.1 Å². The molecule has 1 unspecified atom stereocenters. The fraction of sp³-hybridized carbons (Fsp3) is 0.308. The third kappa shape index (κ3) is 5.26. The molecule has 8 heteroatoms. The van der Waals surface area contributed by atoms with Gasteiger partial charge in [-0.05, 0) is 55.2 Å². The summed E-state index contributed by atoms with van der Waals surface area (Å²) in [6, 6.07) is 18.0. The standard InChI is InChI=1S/C26H27N5O3/c1-30(2)21-11-9-18(10-12-21)15-25(32)31-13-4-3-8-23(31)24-16-22(29-34-24)26(33)28-20-7-5-6-19(14-20)17-27/h5-7,9-12,14,16,23H,3-4,8,13,15H2,1-2H3,(H,28,33). The van der Waals surface area contributed by atoms with Crippen molar-refractivity contribution < 1.29 is 14.1 Å². The third-order valence-corrected chi connectivity index (χ3v) is 5.97. The number of likely N-dealkylation sites (tertiary alicyclic amines) is 1. The molecule has 1 aromatic heterocycles. The van der Waals surface area contributed by atoms with E-state index in [0.717, 1.165) is 30.5 Å². The van der Waals surface area contributed by atoms with E-state index < -0.39 is 5.91 Å². The van der Waals surface area contributed by atoms with Gasteiger partial charge in [-0.2, -0.15) is 5.26 Å². The van der Waals surface area contributed by atoms with Crippen molar-refractivity contribution in [3.05, 3.63) is 77.2 Å². The molecule has 1 atom stereocenters. The maximum atomic E-state index is 13.2. The number of nitrogens with zero attached hydrogens (tertiary/aromatic N) is 4. The van der Waals surface area contributed by atoms with Crippen LogP contribution in [0.2, 0.25) is 0 Å². The molecule has 2 aromatic carbocycles. The van der Waals surface area contributed by atoms with Crippen molar-refractivity contribution >= 4 is 23.2 Å². The Morgan fingerprint density at radius 2 is 1.97 bits per heavy atom. The Labute approximate surface area is 198 Å². The lowest BCUT2D eigenvalue weighted by Crippen LogP contribution is -2.39. The Balaban J connectivity index is 1.45. The van der Waals surface area contributed by atoms with E-state index in [1.165, 1.54) is 0 Å². The van der Waals surface area contributed by atoms with Gasteiger partial charge in [0, 0.05) is 38.1 Å². The second-order valence-corrected chi connectivity index (χ2v) is 8.60. The van der Waals surface area contributed by atoms with Crippen LogP contribution in [0.5, 0.6) is 0 Å². The van der Waals surface area contributed by atoms with Crippen molar-refractivity contribution in [1.82, 2.24) is 10.1 Å². The molecule has 2 amide bonds. The van der Waals surface area contributed by atoms with Gasteiger partial charge in [-0.1, -0.05) is 23.4 Å². The van der Waals surface area contributed by atoms with Crippen LogP contribution in [0.4, 0.5) is 11.4 Å². The molecule has 1 N–H and O–H groups in total. The molecule has 1 aliphatic rings. The highest BCUT2D eigenvalue weighted by molar-refractivity contribution is 6.02. The Kier molecular flexibility index (Phi) is 6.93. The summed E-state index contributed by atoms with van der Waals surface area (Å²) in [6.45, 7) is 0.641. The number of nitriles is 1. The number of carbonyl (C=O) groups is 2. The first kappa shape index (κ1) is 23.1. The summed E-state index contributed by atoms with van der Waals surface area (Å²) >= 11 is 0. The summed E-state index contributed by atoms with van der Waals surface area (Å²) in [5.41, 5.74) is 3.13. The highest BCUT2D eigenvalue weighted by Crippen LogP contribution is 2.32. The maximum Gasteiger partial charge on any atom is 0.277 e. The summed E-state index contributed by atoms with van der Waals surface area (Å²) in [4.78, 5) is 29.7. The van der Waals surface area contributed by atoms with E-state index in [9.17, 15) is 9.59 Å². The minimum Gasteiger partial charge on any atom is -0.378 e. The van der Waals surface area contributed by atoms with E-state index in [-0.39, 0.29) is 17.6 Å². The Morgan fingerprint density at radius 1 is 1.18 bits per heavy atom. The first-order valence-corrected chi connectivity index (χ1v) is 11.3. The van der Waals surface area contributed by atoms with E-state index in [1.54, 1.807) is 30.3 Å². The van der Waals surface area contributed by atoms with Gasteiger partial charge in [-0.25, -0.2) is 0 Å². The predicted octanol–water partition coefficient (Wildman–Crippen LogP) is 4.16. The van der Waals surface area contributed by atoms with Gasteiger partial charge >= 0.3 is 0 Å². The summed E-state index contributed by atoms with van der Waals surface area (Å²) in [5, 5.41) is 15.7. The second kappa shape index (κ2) is 10.2. The topological polar surface area (TPSA) is 102 Å². The minimum absolute atomic E-state index is 0.0259. The highest BCUT2D eigenvalue weighted by atomic mass is 16.5. The zero-order valence-corrected chi connectivity index (χ0v) is 19.3. The second-order valence-electron chi connectivity index (χ2n) is 8.60. The molecule has 1 saturated heterocycles. The van der Waals surface area contributed by atoms with Crippen LogP contribution < -0.4 is 10.2 Å². The van der Waals surface area contributed by atoms with E-state index in [0.29, 0.717) is 30.0 Å². The van der Waals surface area contributed by atoms with Crippen LogP contribution in [-0.2, 0) is 11.2 Å². The number of amides is 2. The number of hydrogen-bond acceptors (Lipinski definition) is 6. The summed E-state index contributed by atoms with van der Waals surface area (Å²) in [7, 11) is 3.96. The number of rotatable bonds is 6. The van der Waals surface area contributed by atoms with Crippen molar-refractivity contribution in [2.75, 3.05) is 30.9 Å². The fourth-order valence-corrected chi connectivity index (χ4v) is 4.13. The molecule has 1 fully saturated rings. The van der Waals surface area contributed by atoms with Crippen molar-refractivity contribution in [2.24, 2.45) is 0 Å². The monoisotopic (exact) mass is 457 g/mol. The van der Waals surface area contributed by atoms with E-state index in [1.807, 2.05) is 54.2 Å². The quantitative estimate of drug-likeness (QED) is 0.596. The first-order chi connectivity index (χ1) is 16.4. The van der Waals surface area contributed by atoms with Crippen LogP contribution in [0.15, 0.2) is 59.1 Å². The molecule has 0 aliphatic carbocycles. The first-order valence-electron chi connectivity index (χ1n) is 11.3. The van der Waals surface area contributed by atoms with Crippen LogP contribution in [0, 0.1) is 11.3 Å². The smallest absolute Gasteiger partial charge is 0.277 e. The molecule has 174 valence electrons. The van der Waals surface area contributed by atoms with E-state index in [4.69, 9.17) is 9.78 Å². The van der Waals surface area contributed by atoms with Crippen LogP contribution in [0.3, 0.4) is 0 Å². The zero-order chi connectivity index (χ0) is 24.1. The number of nitrogens with one attached hydrogen (secondary N) is 1. The number of hydrogen-bond donors (Lipinski definition) is 1. The van der Waals surface area contributed by atoms with Crippen molar-refractivity contribution in [2.45, 2.75) is 31.7 Å². The number of aromatic nitrogens is 1. The molecule has 0 radical (unpaired) electrons. The molecule has 2 heterocycles. The van der Waals surface area contributed by atoms with Gasteiger partial charge in [0.2, 0.25) is 5.91 Å². The van der Waals surface area contributed by atoms with Gasteiger partial charge in [0.25, 0.3) is 5.91 Å². The normalized spacial score (nSPS) is 15.4. The fourth-order valence-electron chi connectivity index (χ4n) is 4.13. The number of piperidine rings is 1. The zero-order valence-electron chi connectivity index (χ0n) is 19.3. The Bertz CT molecular complexity index is 1210. The minimum atomic E-state index is -0.431. The molecular formula is C26H27N5O3. The van der Waals surface area contributed by atoms with Gasteiger partial charge in [-0.3, -0.25) is 9.59 Å². The molecular weight excluding hydrogens is 430 g/mol. The lowest BCUT2D eigenvalue weighted by atomic mass is 9.98. The van der Waals surface area contributed by atoms with E-state index >= 15 is 0 Å². The van der Waals surface area contributed by atoms with Crippen molar-refractivity contribution in [3.8, 4) is 6.07 Å². The summed E-state index contributed by atoms with van der Waals surface area (Å²) in [5.74, 6) is 0.102. The lowest BCUT2D eigenvalue weighted by molar-refractivity contribution is -0.134.